The highest BCUT2D eigenvalue weighted by Crippen LogP contribution is 2.21. The van der Waals surface area contributed by atoms with Crippen LogP contribution in [0, 0.1) is 5.82 Å². The quantitative estimate of drug-likeness (QED) is 0.806. The Labute approximate surface area is 106 Å². The molecule has 1 fully saturated rings. The Kier molecular flexibility index (Phi) is 3.69. The molecule has 1 unspecified atom stereocenters. The standard InChI is InChI=1S/C13H18FN3O/c1-9(13(18)17-6-2-3-7-17)16-12-8-10(14)4-5-11(12)15/h4-5,8-9,16H,2-3,6-7,15H2,1H3. The van der Waals surface area contributed by atoms with Gasteiger partial charge in [0.2, 0.25) is 5.91 Å². The molecule has 0 aromatic heterocycles. The zero-order valence-corrected chi connectivity index (χ0v) is 10.4. The van der Waals surface area contributed by atoms with Gasteiger partial charge in [0.1, 0.15) is 11.9 Å². The van der Waals surface area contributed by atoms with E-state index in [0.29, 0.717) is 11.4 Å². The highest BCUT2D eigenvalue weighted by molar-refractivity contribution is 5.85. The van der Waals surface area contributed by atoms with Gasteiger partial charge in [-0.05, 0) is 38.0 Å². The minimum atomic E-state index is -0.396. The highest BCUT2D eigenvalue weighted by atomic mass is 19.1. The number of halogens is 1. The van der Waals surface area contributed by atoms with Crippen LogP contribution in [0.3, 0.4) is 0 Å². The molecule has 0 bridgehead atoms. The number of hydrogen-bond acceptors (Lipinski definition) is 3. The van der Waals surface area contributed by atoms with E-state index in [1.165, 1.54) is 18.2 Å². The number of amides is 1. The predicted molar refractivity (Wildman–Crippen MR) is 69.7 cm³/mol. The Bertz CT molecular complexity index is 444. The maximum absolute atomic E-state index is 13.1. The zero-order valence-electron chi connectivity index (χ0n) is 10.4. The van der Waals surface area contributed by atoms with E-state index >= 15 is 0 Å². The van der Waals surface area contributed by atoms with Crippen LogP contribution in [0.25, 0.3) is 0 Å². The molecule has 1 saturated heterocycles. The molecule has 1 aliphatic rings. The minimum Gasteiger partial charge on any atom is -0.397 e. The van der Waals surface area contributed by atoms with Gasteiger partial charge < -0.3 is 16.0 Å². The lowest BCUT2D eigenvalue weighted by atomic mass is 10.2. The van der Waals surface area contributed by atoms with Gasteiger partial charge >= 0.3 is 0 Å². The molecular weight excluding hydrogens is 233 g/mol. The molecule has 4 nitrogen and oxygen atoms in total. The molecular formula is C13H18FN3O. The lowest BCUT2D eigenvalue weighted by molar-refractivity contribution is -0.130. The van der Waals surface area contributed by atoms with Crippen LogP contribution < -0.4 is 11.1 Å². The summed E-state index contributed by atoms with van der Waals surface area (Å²) in [5, 5.41) is 2.97. The number of hydrogen-bond donors (Lipinski definition) is 2. The smallest absolute Gasteiger partial charge is 0.244 e. The topological polar surface area (TPSA) is 58.4 Å². The summed E-state index contributed by atoms with van der Waals surface area (Å²) in [6, 6.07) is 3.70. The summed E-state index contributed by atoms with van der Waals surface area (Å²) in [6.07, 6.45) is 2.11. The lowest BCUT2D eigenvalue weighted by Crippen LogP contribution is -2.39. The predicted octanol–water partition coefficient (Wildman–Crippen LogP) is 1.83. The van der Waals surface area contributed by atoms with Crippen LogP contribution in [0.5, 0.6) is 0 Å². The molecule has 1 aromatic rings. The fourth-order valence-electron chi connectivity index (χ4n) is 2.16. The number of nitrogens with zero attached hydrogens (tertiary/aromatic N) is 1. The van der Waals surface area contributed by atoms with E-state index in [9.17, 15) is 9.18 Å². The van der Waals surface area contributed by atoms with Crippen molar-refractivity contribution < 1.29 is 9.18 Å². The van der Waals surface area contributed by atoms with Crippen LogP contribution in [0.4, 0.5) is 15.8 Å². The Balaban J connectivity index is 2.03. The number of nitrogen functional groups attached to an aromatic ring is 1. The lowest BCUT2D eigenvalue weighted by Gasteiger charge is -2.22. The third kappa shape index (κ3) is 2.72. The van der Waals surface area contributed by atoms with E-state index in [1.54, 1.807) is 6.92 Å². The molecule has 18 heavy (non-hydrogen) atoms. The Morgan fingerprint density at radius 2 is 2.11 bits per heavy atom. The first-order chi connectivity index (χ1) is 8.58. The first-order valence-corrected chi connectivity index (χ1v) is 6.18. The van der Waals surface area contributed by atoms with Crippen molar-refractivity contribution in [1.29, 1.82) is 0 Å². The van der Waals surface area contributed by atoms with Crippen LogP contribution in [0.1, 0.15) is 19.8 Å². The van der Waals surface area contributed by atoms with Crippen LogP contribution in [-0.4, -0.2) is 29.9 Å². The number of nitrogens with one attached hydrogen (secondary N) is 1. The summed E-state index contributed by atoms with van der Waals surface area (Å²) >= 11 is 0. The fourth-order valence-corrected chi connectivity index (χ4v) is 2.16. The number of carbonyl (C=O) groups excluding carboxylic acids is 1. The molecule has 98 valence electrons. The van der Waals surface area contributed by atoms with Gasteiger partial charge in [0.15, 0.2) is 0 Å². The number of carbonyl (C=O) groups is 1. The van der Waals surface area contributed by atoms with Crippen LogP contribution in [0.2, 0.25) is 0 Å². The van der Waals surface area contributed by atoms with Crippen molar-refractivity contribution >= 4 is 17.3 Å². The third-order valence-electron chi connectivity index (χ3n) is 3.18. The van der Waals surface area contributed by atoms with Crippen molar-refractivity contribution in [2.45, 2.75) is 25.8 Å². The molecule has 0 aliphatic carbocycles. The van der Waals surface area contributed by atoms with Gasteiger partial charge in [0.05, 0.1) is 11.4 Å². The summed E-state index contributed by atoms with van der Waals surface area (Å²) in [7, 11) is 0. The highest BCUT2D eigenvalue weighted by Gasteiger charge is 2.23. The third-order valence-corrected chi connectivity index (χ3v) is 3.18. The zero-order chi connectivity index (χ0) is 13.1. The van der Waals surface area contributed by atoms with E-state index in [1.807, 2.05) is 4.90 Å². The number of rotatable bonds is 3. The van der Waals surface area contributed by atoms with E-state index in [2.05, 4.69) is 5.32 Å². The van der Waals surface area contributed by atoms with Crippen LogP contribution >= 0.6 is 0 Å². The molecule has 3 N–H and O–H groups in total. The Hall–Kier alpha value is -1.78. The van der Waals surface area contributed by atoms with Crippen molar-refractivity contribution in [3.05, 3.63) is 24.0 Å². The molecule has 1 amide bonds. The summed E-state index contributed by atoms with van der Waals surface area (Å²) in [5.41, 5.74) is 6.65. The van der Waals surface area contributed by atoms with Gasteiger partial charge in [-0.1, -0.05) is 0 Å². The van der Waals surface area contributed by atoms with Gasteiger partial charge in [0, 0.05) is 13.1 Å². The van der Waals surface area contributed by atoms with E-state index < -0.39 is 6.04 Å². The average molecular weight is 251 g/mol. The largest absolute Gasteiger partial charge is 0.397 e. The van der Waals surface area contributed by atoms with Crippen LogP contribution in [0.15, 0.2) is 18.2 Å². The first-order valence-electron chi connectivity index (χ1n) is 6.18. The van der Waals surface area contributed by atoms with Crippen molar-refractivity contribution in [1.82, 2.24) is 4.90 Å². The molecule has 1 heterocycles. The van der Waals surface area contributed by atoms with Gasteiger partial charge in [-0.2, -0.15) is 0 Å². The SMILES string of the molecule is CC(Nc1cc(F)ccc1N)C(=O)N1CCCC1. The normalized spacial score (nSPS) is 16.7. The molecule has 1 aromatic carbocycles. The van der Waals surface area contributed by atoms with Gasteiger partial charge in [0.25, 0.3) is 0 Å². The van der Waals surface area contributed by atoms with Crippen molar-refractivity contribution in [2.24, 2.45) is 0 Å². The second kappa shape index (κ2) is 5.25. The first kappa shape index (κ1) is 12.7. The van der Waals surface area contributed by atoms with Gasteiger partial charge in [-0.15, -0.1) is 0 Å². The molecule has 1 aliphatic heterocycles. The molecule has 0 spiro atoms. The fraction of sp³-hybridized carbons (Fsp3) is 0.462. The second-order valence-corrected chi connectivity index (χ2v) is 4.63. The Morgan fingerprint density at radius 3 is 2.78 bits per heavy atom. The van der Waals surface area contributed by atoms with Crippen molar-refractivity contribution in [3.63, 3.8) is 0 Å². The van der Waals surface area contributed by atoms with Crippen molar-refractivity contribution in [3.8, 4) is 0 Å². The number of nitrogens with two attached hydrogens (primary N) is 1. The van der Waals surface area contributed by atoms with E-state index in [0.717, 1.165) is 25.9 Å². The number of benzene rings is 1. The summed E-state index contributed by atoms with van der Waals surface area (Å²) < 4.78 is 13.1. The van der Waals surface area contributed by atoms with E-state index in [-0.39, 0.29) is 11.7 Å². The maximum atomic E-state index is 13.1. The number of anilines is 2. The molecule has 5 heteroatoms. The molecule has 1 atom stereocenters. The molecule has 0 saturated carbocycles. The van der Waals surface area contributed by atoms with Gasteiger partial charge in [-0.3, -0.25) is 4.79 Å². The maximum Gasteiger partial charge on any atom is 0.244 e. The van der Waals surface area contributed by atoms with E-state index in [4.69, 9.17) is 5.73 Å². The summed E-state index contributed by atoms with van der Waals surface area (Å²) in [5.74, 6) is -0.330. The average Bonchev–Trinajstić information content (AvgIpc) is 2.86. The van der Waals surface area contributed by atoms with Crippen LogP contribution in [-0.2, 0) is 4.79 Å². The van der Waals surface area contributed by atoms with Crippen molar-refractivity contribution in [2.75, 3.05) is 24.1 Å². The molecule has 2 rings (SSSR count). The summed E-state index contributed by atoms with van der Waals surface area (Å²) in [6.45, 7) is 3.39. The monoisotopic (exact) mass is 251 g/mol. The number of likely N-dealkylation sites (tertiary alicyclic amines) is 1. The minimum absolute atomic E-state index is 0.0381. The second-order valence-electron chi connectivity index (χ2n) is 4.63. The van der Waals surface area contributed by atoms with Gasteiger partial charge in [-0.25, -0.2) is 4.39 Å². The summed E-state index contributed by atoms with van der Waals surface area (Å²) in [4.78, 5) is 13.9. The Morgan fingerprint density at radius 1 is 1.44 bits per heavy atom. The molecule has 0 radical (unpaired) electrons.